The van der Waals surface area contributed by atoms with Crippen LogP contribution in [0, 0.1) is 5.82 Å². The third-order valence-corrected chi connectivity index (χ3v) is 5.53. The largest absolute Gasteiger partial charge is 0.357 e. The molecule has 6 nitrogen and oxygen atoms in total. The van der Waals surface area contributed by atoms with E-state index in [1.807, 2.05) is 4.90 Å². The van der Waals surface area contributed by atoms with E-state index in [1.54, 1.807) is 12.3 Å². The lowest BCUT2D eigenvalue weighted by molar-refractivity contribution is 0.161. The number of anilines is 1. The number of likely N-dealkylation sites (tertiary alicyclic amines) is 1. The Morgan fingerprint density at radius 1 is 1.30 bits per heavy atom. The highest BCUT2D eigenvalue weighted by Gasteiger charge is 2.26. The average Bonchev–Trinajstić information content (AvgIpc) is 3.15. The van der Waals surface area contributed by atoms with Crippen LogP contribution in [-0.2, 0) is 0 Å². The molecule has 2 aliphatic rings. The number of likely N-dealkylation sites (N-methyl/N-ethyl adjacent to an activating group) is 1. The number of halogens is 1. The smallest absolute Gasteiger partial charge is 0.191 e. The van der Waals surface area contributed by atoms with Crippen LogP contribution in [0.4, 0.5) is 10.2 Å². The summed E-state index contributed by atoms with van der Waals surface area (Å²) in [6.45, 7) is 9.80. The Balaban J connectivity index is 1.57. The Bertz CT molecular complexity index is 622. The number of guanidine groups is 1. The molecule has 2 aliphatic heterocycles. The zero-order valence-corrected chi connectivity index (χ0v) is 16.6. The van der Waals surface area contributed by atoms with Crippen LogP contribution in [-0.4, -0.2) is 67.2 Å². The van der Waals surface area contributed by atoms with Crippen LogP contribution >= 0.6 is 0 Å². The molecule has 2 unspecified atom stereocenters. The predicted octanol–water partition coefficient (Wildman–Crippen LogP) is 2.23. The maximum atomic E-state index is 14.0. The molecule has 0 aromatic carbocycles. The fraction of sp³-hybridized carbons (Fsp3) is 0.700. The van der Waals surface area contributed by atoms with Gasteiger partial charge in [-0.15, -0.1) is 0 Å². The van der Waals surface area contributed by atoms with E-state index in [2.05, 4.69) is 34.4 Å². The monoisotopic (exact) mass is 376 g/mol. The first kappa shape index (κ1) is 19.9. The minimum Gasteiger partial charge on any atom is -0.357 e. The summed E-state index contributed by atoms with van der Waals surface area (Å²) in [5.41, 5.74) is 0. The number of piperidine rings is 1. The highest BCUT2D eigenvalue weighted by molar-refractivity contribution is 5.80. The number of hydrogen-bond donors (Lipinski definition) is 2. The minimum atomic E-state index is -0.254. The van der Waals surface area contributed by atoms with Crippen molar-refractivity contribution in [2.75, 3.05) is 44.2 Å². The van der Waals surface area contributed by atoms with Gasteiger partial charge in [-0.3, -0.25) is 9.89 Å². The van der Waals surface area contributed by atoms with Crippen molar-refractivity contribution in [3.8, 4) is 0 Å². The van der Waals surface area contributed by atoms with Gasteiger partial charge in [0.15, 0.2) is 17.6 Å². The molecule has 1 aromatic rings. The topological polar surface area (TPSA) is 55.8 Å². The molecule has 27 heavy (non-hydrogen) atoms. The maximum Gasteiger partial charge on any atom is 0.191 e. The SMILES string of the molecule is CCNC(=NCC1CCCCN1CC)NC1CCN(c2ncccc2F)C1. The number of aliphatic imine (C=N–C) groups is 1. The molecular weight excluding hydrogens is 343 g/mol. The molecule has 3 rings (SSSR count). The van der Waals surface area contributed by atoms with Crippen LogP contribution in [0.25, 0.3) is 0 Å². The maximum absolute atomic E-state index is 14.0. The van der Waals surface area contributed by atoms with Crippen molar-refractivity contribution in [2.45, 2.75) is 51.6 Å². The van der Waals surface area contributed by atoms with Crippen molar-refractivity contribution < 1.29 is 4.39 Å². The molecule has 0 radical (unpaired) electrons. The molecule has 1 aromatic heterocycles. The zero-order valence-electron chi connectivity index (χ0n) is 16.6. The standard InChI is InChI=1S/C20H33FN6/c1-3-22-20(24-14-17-8-5-6-12-26(17)4-2)25-16-10-13-27(15-16)19-18(21)9-7-11-23-19/h7,9,11,16-17H,3-6,8,10,12-15H2,1-2H3,(H2,22,24,25). The van der Waals surface area contributed by atoms with Gasteiger partial charge in [-0.05, 0) is 51.4 Å². The summed E-state index contributed by atoms with van der Waals surface area (Å²) in [7, 11) is 0. The van der Waals surface area contributed by atoms with E-state index in [4.69, 9.17) is 4.99 Å². The van der Waals surface area contributed by atoms with Gasteiger partial charge in [0, 0.05) is 37.9 Å². The van der Waals surface area contributed by atoms with Gasteiger partial charge in [-0.1, -0.05) is 13.3 Å². The van der Waals surface area contributed by atoms with Crippen LogP contribution < -0.4 is 15.5 Å². The number of rotatable bonds is 6. The lowest BCUT2D eigenvalue weighted by Gasteiger charge is -2.34. The third-order valence-electron chi connectivity index (χ3n) is 5.53. The summed E-state index contributed by atoms with van der Waals surface area (Å²) in [6.07, 6.45) is 6.43. The molecule has 0 spiro atoms. The number of nitrogens with zero attached hydrogens (tertiary/aromatic N) is 4. The van der Waals surface area contributed by atoms with Crippen molar-refractivity contribution in [1.82, 2.24) is 20.5 Å². The van der Waals surface area contributed by atoms with Crippen LogP contribution in [0.15, 0.2) is 23.3 Å². The Morgan fingerprint density at radius 3 is 2.96 bits per heavy atom. The van der Waals surface area contributed by atoms with E-state index in [9.17, 15) is 4.39 Å². The summed E-state index contributed by atoms with van der Waals surface area (Å²) < 4.78 is 14.0. The van der Waals surface area contributed by atoms with Crippen LogP contribution in [0.2, 0.25) is 0 Å². The van der Waals surface area contributed by atoms with E-state index in [1.165, 1.54) is 31.9 Å². The molecule has 0 bridgehead atoms. The van der Waals surface area contributed by atoms with Crippen molar-refractivity contribution in [3.63, 3.8) is 0 Å². The molecule has 2 saturated heterocycles. The first-order valence-corrected chi connectivity index (χ1v) is 10.4. The summed E-state index contributed by atoms with van der Waals surface area (Å²) in [4.78, 5) is 13.6. The van der Waals surface area contributed by atoms with E-state index >= 15 is 0 Å². The van der Waals surface area contributed by atoms with Gasteiger partial charge < -0.3 is 15.5 Å². The van der Waals surface area contributed by atoms with Crippen molar-refractivity contribution in [1.29, 1.82) is 0 Å². The fourth-order valence-electron chi connectivity index (χ4n) is 4.07. The van der Waals surface area contributed by atoms with Crippen molar-refractivity contribution >= 4 is 11.8 Å². The first-order chi connectivity index (χ1) is 13.2. The predicted molar refractivity (Wildman–Crippen MR) is 109 cm³/mol. The Morgan fingerprint density at radius 2 is 2.19 bits per heavy atom. The Hall–Kier alpha value is -1.89. The highest BCUT2D eigenvalue weighted by atomic mass is 19.1. The molecule has 0 aliphatic carbocycles. The first-order valence-electron chi connectivity index (χ1n) is 10.4. The number of aromatic nitrogens is 1. The molecule has 3 heterocycles. The molecule has 2 fully saturated rings. The van der Waals surface area contributed by atoms with Gasteiger partial charge in [0.2, 0.25) is 0 Å². The van der Waals surface area contributed by atoms with Gasteiger partial charge in [0.1, 0.15) is 0 Å². The number of pyridine rings is 1. The van der Waals surface area contributed by atoms with Gasteiger partial charge in [0.25, 0.3) is 0 Å². The summed E-state index contributed by atoms with van der Waals surface area (Å²) in [5, 5.41) is 6.90. The lowest BCUT2D eigenvalue weighted by Crippen LogP contribution is -2.46. The second-order valence-electron chi connectivity index (χ2n) is 7.38. The summed E-state index contributed by atoms with van der Waals surface area (Å²) in [5.74, 6) is 1.06. The van der Waals surface area contributed by atoms with E-state index < -0.39 is 0 Å². The normalized spacial score (nSPS) is 24.3. The van der Waals surface area contributed by atoms with Crippen LogP contribution in [0.1, 0.15) is 39.5 Å². The second-order valence-corrected chi connectivity index (χ2v) is 7.38. The molecule has 150 valence electrons. The van der Waals surface area contributed by atoms with Gasteiger partial charge in [0.05, 0.1) is 6.54 Å². The number of nitrogens with one attached hydrogen (secondary N) is 2. The second kappa shape index (κ2) is 9.88. The zero-order chi connectivity index (χ0) is 19.1. The van der Waals surface area contributed by atoms with Gasteiger partial charge in [-0.2, -0.15) is 0 Å². The molecule has 2 atom stereocenters. The molecule has 0 saturated carbocycles. The molecular formula is C20H33FN6. The van der Waals surface area contributed by atoms with Crippen LogP contribution in [0.5, 0.6) is 0 Å². The van der Waals surface area contributed by atoms with Crippen molar-refractivity contribution in [3.05, 3.63) is 24.1 Å². The summed E-state index contributed by atoms with van der Waals surface area (Å²) in [6, 6.07) is 3.89. The van der Waals surface area contributed by atoms with Gasteiger partial charge >= 0.3 is 0 Å². The van der Waals surface area contributed by atoms with E-state index in [-0.39, 0.29) is 11.9 Å². The summed E-state index contributed by atoms with van der Waals surface area (Å²) >= 11 is 0. The Labute approximate surface area is 162 Å². The average molecular weight is 377 g/mol. The minimum absolute atomic E-state index is 0.248. The highest BCUT2D eigenvalue weighted by Crippen LogP contribution is 2.21. The molecule has 0 amide bonds. The lowest BCUT2D eigenvalue weighted by atomic mass is 10.0. The van der Waals surface area contributed by atoms with Crippen molar-refractivity contribution in [2.24, 2.45) is 4.99 Å². The van der Waals surface area contributed by atoms with Gasteiger partial charge in [-0.25, -0.2) is 9.37 Å². The molecule has 2 N–H and O–H groups in total. The third kappa shape index (κ3) is 5.31. The quantitative estimate of drug-likeness (QED) is 0.589. The number of hydrogen-bond acceptors (Lipinski definition) is 4. The van der Waals surface area contributed by atoms with Crippen LogP contribution in [0.3, 0.4) is 0 Å². The van der Waals surface area contributed by atoms with E-state index in [0.29, 0.717) is 11.9 Å². The van der Waals surface area contributed by atoms with E-state index in [0.717, 1.165) is 45.1 Å². The Kier molecular flexibility index (Phi) is 7.26. The fourth-order valence-corrected chi connectivity index (χ4v) is 4.07. The molecule has 7 heteroatoms.